The first-order valence-electron chi connectivity index (χ1n) is 7.71. The molecular formula is C17H36O4. The van der Waals surface area contributed by atoms with E-state index in [1.807, 2.05) is 62.3 Å². The van der Waals surface area contributed by atoms with E-state index in [-0.39, 0.29) is 23.4 Å². The lowest BCUT2D eigenvalue weighted by molar-refractivity contribution is -0.161. The van der Waals surface area contributed by atoms with E-state index in [9.17, 15) is 5.11 Å². The second-order valence-corrected chi connectivity index (χ2v) is 8.86. The molecule has 0 amide bonds. The molecule has 0 aromatic carbocycles. The van der Waals surface area contributed by atoms with E-state index in [1.54, 1.807) is 0 Å². The Balaban J connectivity index is 4.91. The van der Waals surface area contributed by atoms with Crippen molar-refractivity contribution in [1.29, 1.82) is 0 Å². The first-order valence-corrected chi connectivity index (χ1v) is 7.71. The molecule has 0 heterocycles. The maximum absolute atomic E-state index is 9.93. The second kappa shape index (κ2) is 7.40. The number of hydrogen-bond donors (Lipinski definition) is 1. The molecule has 0 aliphatic rings. The molecular weight excluding hydrogens is 268 g/mol. The van der Waals surface area contributed by atoms with E-state index >= 15 is 0 Å². The van der Waals surface area contributed by atoms with E-state index in [0.717, 1.165) is 0 Å². The Kier molecular flexibility index (Phi) is 7.35. The third-order valence-corrected chi connectivity index (χ3v) is 2.77. The summed E-state index contributed by atoms with van der Waals surface area (Å²) >= 11 is 0. The minimum atomic E-state index is -0.548. The van der Waals surface area contributed by atoms with Gasteiger partial charge in [0.2, 0.25) is 0 Å². The summed E-state index contributed by atoms with van der Waals surface area (Å²) in [5.74, 6) is 0. The molecule has 0 radical (unpaired) electrons. The molecule has 0 spiro atoms. The van der Waals surface area contributed by atoms with Crippen LogP contribution in [0.1, 0.15) is 62.3 Å². The molecule has 0 bridgehead atoms. The van der Waals surface area contributed by atoms with Gasteiger partial charge in [0.05, 0.1) is 48.6 Å². The van der Waals surface area contributed by atoms with E-state index in [0.29, 0.717) is 19.8 Å². The van der Waals surface area contributed by atoms with Crippen molar-refractivity contribution in [3.63, 3.8) is 0 Å². The van der Waals surface area contributed by atoms with Gasteiger partial charge in [0.1, 0.15) is 0 Å². The fourth-order valence-electron chi connectivity index (χ4n) is 1.37. The van der Waals surface area contributed by atoms with Crippen LogP contribution < -0.4 is 0 Å². The van der Waals surface area contributed by atoms with Crippen LogP contribution in [0.15, 0.2) is 0 Å². The molecule has 0 unspecified atom stereocenters. The number of hydrogen-bond acceptors (Lipinski definition) is 4. The number of ether oxygens (including phenoxy) is 3. The zero-order chi connectivity index (χ0) is 16.9. The highest BCUT2D eigenvalue weighted by Gasteiger charge is 2.35. The van der Waals surface area contributed by atoms with Crippen molar-refractivity contribution in [2.45, 2.75) is 79.1 Å². The Bertz CT molecular complexity index is 246. The first kappa shape index (κ1) is 20.8. The lowest BCUT2D eigenvalue weighted by atomic mass is 9.91. The topological polar surface area (TPSA) is 47.9 Å². The van der Waals surface area contributed by atoms with Crippen molar-refractivity contribution in [2.24, 2.45) is 5.41 Å². The van der Waals surface area contributed by atoms with Gasteiger partial charge in [-0.25, -0.2) is 0 Å². The van der Waals surface area contributed by atoms with Crippen LogP contribution in [0.5, 0.6) is 0 Å². The first-order chi connectivity index (χ1) is 9.18. The predicted octanol–water partition coefficient (Wildman–Crippen LogP) is 3.41. The van der Waals surface area contributed by atoms with Gasteiger partial charge in [-0.1, -0.05) is 0 Å². The molecule has 0 rings (SSSR count). The summed E-state index contributed by atoms with van der Waals surface area (Å²) in [6.07, 6.45) is 0. The monoisotopic (exact) mass is 304 g/mol. The molecule has 0 atom stereocenters. The predicted molar refractivity (Wildman–Crippen MR) is 86.6 cm³/mol. The summed E-state index contributed by atoms with van der Waals surface area (Å²) in [7, 11) is 0. The third-order valence-electron chi connectivity index (χ3n) is 2.77. The molecule has 0 aliphatic heterocycles. The molecule has 21 heavy (non-hydrogen) atoms. The van der Waals surface area contributed by atoms with Crippen LogP contribution >= 0.6 is 0 Å². The van der Waals surface area contributed by atoms with Crippen LogP contribution in [0, 0.1) is 5.41 Å². The van der Waals surface area contributed by atoms with Crippen molar-refractivity contribution >= 4 is 0 Å². The molecule has 0 aliphatic carbocycles. The SMILES string of the molecule is CC(C)(C)OCC(CO)(COC(C)(C)C)COC(C)(C)C. The minimum absolute atomic E-state index is 0.0325. The highest BCUT2D eigenvalue weighted by molar-refractivity contribution is 4.82. The normalized spacial score (nSPS) is 14.6. The Labute approximate surface area is 131 Å². The summed E-state index contributed by atoms with van der Waals surface area (Å²) in [5.41, 5.74) is -1.33. The highest BCUT2D eigenvalue weighted by Crippen LogP contribution is 2.26. The van der Waals surface area contributed by atoms with Gasteiger partial charge in [0.25, 0.3) is 0 Å². The van der Waals surface area contributed by atoms with Crippen molar-refractivity contribution in [2.75, 3.05) is 26.4 Å². The van der Waals surface area contributed by atoms with Crippen molar-refractivity contribution in [1.82, 2.24) is 0 Å². The lowest BCUT2D eigenvalue weighted by Gasteiger charge is -2.38. The van der Waals surface area contributed by atoms with Gasteiger partial charge in [-0.3, -0.25) is 0 Å². The van der Waals surface area contributed by atoms with Crippen molar-refractivity contribution in [3.8, 4) is 0 Å². The van der Waals surface area contributed by atoms with Gasteiger partial charge < -0.3 is 19.3 Å². The fraction of sp³-hybridized carbons (Fsp3) is 1.00. The highest BCUT2D eigenvalue weighted by atomic mass is 16.5. The Morgan fingerprint density at radius 3 is 0.952 bits per heavy atom. The van der Waals surface area contributed by atoms with Gasteiger partial charge in [0, 0.05) is 0 Å². The zero-order valence-electron chi connectivity index (χ0n) is 15.5. The van der Waals surface area contributed by atoms with Gasteiger partial charge in [-0.05, 0) is 62.3 Å². The van der Waals surface area contributed by atoms with Gasteiger partial charge in [-0.2, -0.15) is 0 Å². The molecule has 128 valence electrons. The molecule has 0 aromatic heterocycles. The van der Waals surface area contributed by atoms with E-state index in [2.05, 4.69) is 0 Å². The van der Waals surface area contributed by atoms with Crippen LogP contribution in [0.25, 0.3) is 0 Å². The number of rotatable bonds is 7. The van der Waals surface area contributed by atoms with E-state index in [4.69, 9.17) is 14.2 Å². The average molecular weight is 304 g/mol. The Morgan fingerprint density at radius 2 is 0.810 bits per heavy atom. The minimum Gasteiger partial charge on any atom is -0.396 e. The van der Waals surface area contributed by atoms with Gasteiger partial charge in [0.15, 0.2) is 0 Å². The van der Waals surface area contributed by atoms with Crippen molar-refractivity contribution in [3.05, 3.63) is 0 Å². The zero-order valence-corrected chi connectivity index (χ0v) is 15.5. The second-order valence-electron chi connectivity index (χ2n) is 8.86. The van der Waals surface area contributed by atoms with Gasteiger partial charge >= 0.3 is 0 Å². The summed E-state index contributed by atoms with van der Waals surface area (Å²) in [6.45, 7) is 19.2. The molecule has 0 aromatic rings. The van der Waals surface area contributed by atoms with E-state index < -0.39 is 5.41 Å². The summed E-state index contributed by atoms with van der Waals surface area (Å²) in [5, 5.41) is 9.93. The van der Waals surface area contributed by atoms with Crippen molar-refractivity contribution < 1.29 is 19.3 Å². The average Bonchev–Trinajstić information content (AvgIpc) is 2.25. The maximum Gasteiger partial charge on any atom is 0.0636 e. The van der Waals surface area contributed by atoms with Crippen LogP contribution in [-0.4, -0.2) is 48.3 Å². The Morgan fingerprint density at radius 1 is 0.571 bits per heavy atom. The van der Waals surface area contributed by atoms with Crippen LogP contribution in [-0.2, 0) is 14.2 Å². The van der Waals surface area contributed by atoms with E-state index in [1.165, 1.54) is 0 Å². The smallest absolute Gasteiger partial charge is 0.0636 e. The number of aliphatic hydroxyl groups is 1. The molecule has 0 saturated carbocycles. The summed E-state index contributed by atoms with van der Waals surface area (Å²) < 4.78 is 17.7. The molecule has 4 heteroatoms. The lowest BCUT2D eigenvalue weighted by Crippen LogP contribution is -2.46. The third kappa shape index (κ3) is 11.1. The van der Waals surface area contributed by atoms with Crippen LogP contribution in [0.4, 0.5) is 0 Å². The maximum atomic E-state index is 9.93. The fourth-order valence-corrected chi connectivity index (χ4v) is 1.37. The molecule has 4 nitrogen and oxygen atoms in total. The molecule has 0 saturated heterocycles. The van der Waals surface area contributed by atoms with Crippen LogP contribution in [0.2, 0.25) is 0 Å². The summed E-state index contributed by atoms with van der Waals surface area (Å²) in [6, 6.07) is 0. The standard InChI is InChI=1S/C17H36O4/c1-14(2,3)19-11-17(10-18,12-20-15(4,5)6)13-21-16(7,8)9/h18H,10-13H2,1-9H3. The quantitative estimate of drug-likeness (QED) is 0.783. The molecule has 1 N–H and O–H groups in total. The van der Waals surface area contributed by atoms with Crippen LogP contribution in [0.3, 0.4) is 0 Å². The Hall–Kier alpha value is -0.160. The van der Waals surface area contributed by atoms with Gasteiger partial charge in [-0.15, -0.1) is 0 Å². The largest absolute Gasteiger partial charge is 0.396 e. The summed E-state index contributed by atoms with van der Waals surface area (Å²) in [4.78, 5) is 0. The number of aliphatic hydroxyl groups excluding tert-OH is 1. The molecule has 0 fully saturated rings.